The van der Waals surface area contributed by atoms with Crippen LogP contribution in [-0.4, -0.2) is 44.1 Å². The molecule has 1 aromatic carbocycles. The smallest absolute Gasteiger partial charge is 0.331 e. The van der Waals surface area contributed by atoms with E-state index in [0.29, 0.717) is 26.1 Å². The van der Waals surface area contributed by atoms with Crippen LogP contribution in [0.4, 0.5) is 0 Å². The van der Waals surface area contributed by atoms with Crippen molar-refractivity contribution in [2.45, 2.75) is 38.8 Å². The number of amides is 1. The van der Waals surface area contributed by atoms with Crippen molar-refractivity contribution in [3.05, 3.63) is 69.0 Å². The second-order valence-electron chi connectivity index (χ2n) is 7.42. The lowest BCUT2D eigenvalue weighted by molar-refractivity contribution is -0.137. The zero-order valence-electron chi connectivity index (χ0n) is 16.2. The second kappa shape index (κ2) is 9.36. The Balaban J connectivity index is 1.71. The fraction of sp³-hybridized carbons (Fsp3) is 0.429. The number of likely N-dealkylation sites (tertiary alicyclic amines) is 1. The van der Waals surface area contributed by atoms with Crippen molar-refractivity contribution in [3.63, 3.8) is 0 Å². The summed E-state index contributed by atoms with van der Waals surface area (Å²) < 4.78 is 2.38. The van der Waals surface area contributed by atoms with Gasteiger partial charge < -0.3 is 10.0 Å². The Morgan fingerprint density at radius 2 is 1.86 bits per heavy atom. The number of aromatic nitrogens is 2. The quantitative estimate of drug-likeness (QED) is 0.753. The summed E-state index contributed by atoms with van der Waals surface area (Å²) >= 11 is 0. The van der Waals surface area contributed by atoms with Crippen LogP contribution < -0.4 is 11.2 Å². The number of rotatable bonds is 7. The monoisotopic (exact) mass is 399 g/mol. The Bertz CT molecular complexity index is 980. The van der Waals surface area contributed by atoms with Gasteiger partial charge >= 0.3 is 11.7 Å². The predicted molar refractivity (Wildman–Crippen MR) is 107 cm³/mol. The van der Waals surface area contributed by atoms with Gasteiger partial charge in [-0.1, -0.05) is 30.3 Å². The standard InChI is InChI=1S/C21H25N3O5/c25-18-10-12-23(14-16-5-2-1-3-6-16)21(29)24(18)15-19(26)22-11-4-7-17(13-22)8-9-20(27)28/h1-3,5-6,10,12,17H,4,7-9,11,13-15H2,(H,27,28). The summed E-state index contributed by atoms with van der Waals surface area (Å²) in [5.41, 5.74) is -0.107. The molecule has 8 nitrogen and oxygen atoms in total. The predicted octanol–water partition coefficient (Wildman–Crippen LogP) is 1.16. The topological polar surface area (TPSA) is 102 Å². The van der Waals surface area contributed by atoms with Crippen LogP contribution in [-0.2, 0) is 22.7 Å². The van der Waals surface area contributed by atoms with E-state index in [2.05, 4.69) is 0 Å². The van der Waals surface area contributed by atoms with E-state index >= 15 is 0 Å². The van der Waals surface area contributed by atoms with Crippen LogP contribution in [0.1, 0.15) is 31.2 Å². The molecule has 8 heteroatoms. The van der Waals surface area contributed by atoms with Gasteiger partial charge in [-0.15, -0.1) is 0 Å². The van der Waals surface area contributed by atoms with Gasteiger partial charge in [0.05, 0.1) is 6.54 Å². The molecule has 1 amide bonds. The molecule has 0 radical (unpaired) electrons. The molecular formula is C21H25N3O5. The summed E-state index contributed by atoms with van der Waals surface area (Å²) in [6, 6.07) is 10.7. The zero-order chi connectivity index (χ0) is 20.8. The van der Waals surface area contributed by atoms with Crippen LogP contribution in [0.3, 0.4) is 0 Å². The van der Waals surface area contributed by atoms with Crippen LogP contribution in [0.25, 0.3) is 0 Å². The highest BCUT2D eigenvalue weighted by Crippen LogP contribution is 2.21. The number of benzene rings is 1. The Kier molecular flexibility index (Phi) is 6.64. The van der Waals surface area contributed by atoms with Crippen LogP contribution in [0.2, 0.25) is 0 Å². The minimum absolute atomic E-state index is 0.0784. The second-order valence-corrected chi connectivity index (χ2v) is 7.42. The van der Waals surface area contributed by atoms with E-state index in [1.165, 1.54) is 16.8 Å². The molecule has 0 spiro atoms. The molecule has 1 atom stereocenters. The van der Waals surface area contributed by atoms with Crippen molar-refractivity contribution < 1.29 is 14.7 Å². The normalized spacial score (nSPS) is 16.6. The van der Waals surface area contributed by atoms with Crippen LogP contribution in [0.15, 0.2) is 52.2 Å². The van der Waals surface area contributed by atoms with E-state index in [0.717, 1.165) is 23.0 Å². The van der Waals surface area contributed by atoms with Crippen LogP contribution >= 0.6 is 0 Å². The molecule has 1 unspecified atom stereocenters. The summed E-state index contributed by atoms with van der Waals surface area (Å²) in [5.74, 6) is -1.00. The average Bonchev–Trinajstić information content (AvgIpc) is 2.72. The average molecular weight is 399 g/mol. The fourth-order valence-corrected chi connectivity index (χ4v) is 3.69. The van der Waals surface area contributed by atoms with Gasteiger partial charge in [0.2, 0.25) is 5.91 Å². The maximum Gasteiger partial charge on any atom is 0.331 e. The molecule has 29 heavy (non-hydrogen) atoms. The molecule has 0 aliphatic carbocycles. The SMILES string of the molecule is O=C(O)CCC1CCCN(C(=O)Cn2c(=O)ccn(Cc3ccccc3)c2=O)C1. The van der Waals surface area contributed by atoms with Crippen molar-refractivity contribution in [3.8, 4) is 0 Å². The highest BCUT2D eigenvalue weighted by Gasteiger charge is 2.25. The third-order valence-corrected chi connectivity index (χ3v) is 5.27. The molecular weight excluding hydrogens is 374 g/mol. The third kappa shape index (κ3) is 5.43. The molecule has 154 valence electrons. The Hall–Kier alpha value is -3.16. The molecule has 1 aromatic heterocycles. The molecule has 1 N–H and O–H groups in total. The van der Waals surface area contributed by atoms with Crippen molar-refractivity contribution in [1.29, 1.82) is 0 Å². The summed E-state index contributed by atoms with van der Waals surface area (Å²) in [6.45, 7) is 1.03. The number of nitrogens with zero attached hydrogens (tertiary/aromatic N) is 3. The van der Waals surface area contributed by atoms with E-state index in [9.17, 15) is 19.2 Å². The molecule has 3 rings (SSSR count). The van der Waals surface area contributed by atoms with Crippen molar-refractivity contribution in [1.82, 2.24) is 14.0 Å². The number of piperidine rings is 1. The van der Waals surface area contributed by atoms with E-state index in [1.807, 2.05) is 30.3 Å². The van der Waals surface area contributed by atoms with Crippen LogP contribution in [0, 0.1) is 5.92 Å². The summed E-state index contributed by atoms with van der Waals surface area (Å²) in [6.07, 6.45) is 3.72. The Morgan fingerprint density at radius 1 is 1.10 bits per heavy atom. The van der Waals surface area contributed by atoms with Gasteiger partial charge in [-0.05, 0) is 30.7 Å². The highest BCUT2D eigenvalue weighted by atomic mass is 16.4. The highest BCUT2D eigenvalue weighted by molar-refractivity contribution is 5.76. The van der Waals surface area contributed by atoms with Gasteiger partial charge in [0.1, 0.15) is 6.54 Å². The van der Waals surface area contributed by atoms with Gasteiger partial charge in [0.15, 0.2) is 0 Å². The third-order valence-electron chi connectivity index (χ3n) is 5.27. The van der Waals surface area contributed by atoms with E-state index in [4.69, 9.17) is 5.11 Å². The first-order chi connectivity index (χ1) is 13.9. The van der Waals surface area contributed by atoms with E-state index in [1.54, 1.807) is 4.90 Å². The molecule has 1 aliphatic heterocycles. The molecule has 1 fully saturated rings. The lowest BCUT2D eigenvalue weighted by Crippen LogP contribution is -2.46. The number of carboxylic acid groups (broad SMARTS) is 1. The number of carboxylic acids is 1. The maximum atomic E-state index is 12.7. The summed E-state index contributed by atoms with van der Waals surface area (Å²) in [5, 5.41) is 8.85. The van der Waals surface area contributed by atoms with Gasteiger partial charge in [-0.25, -0.2) is 4.79 Å². The number of aliphatic carboxylic acids is 1. The lowest BCUT2D eigenvalue weighted by atomic mass is 9.93. The van der Waals surface area contributed by atoms with Gasteiger partial charge in [-0.3, -0.25) is 23.5 Å². The van der Waals surface area contributed by atoms with Crippen molar-refractivity contribution in [2.75, 3.05) is 13.1 Å². The lowest BCUT2D eigenvalue weighted by Gasteiger charge is -2.32. The summed E-state index contributed by atoms with van der Waals surface area (Å²) in [4.78, 5) is 50.1. The number of carbonyl (C=O) groups excluding carboxylic acids is 1. The van der Waals surface area contributed by atoms with E-state index in [-0.39, 0.29) is 24.8 Å². The Labute approximate surface area is 168 Å². The molecule has 1 aliphatic rings. The van der Waals surface area contributed by atoms with Gasteiger partial charge in [0.25, 0.3) is 5.56 Å². The molecule has 2 aromatic rings. The zero-order valence-corrected chi connectivity index (χ0v) is 16.2. The minimum Gasteiger partial charge on any atom is -0.481 e. The number of hydrogen-bond acceptors (Lipinski definition) is 4. The van der Waals surface area contributed by atoms with Crippen LogP contribution in [0.5, 0.6) is 0 Å². The number of carbonyl (C=O) groups is 2. The maximum absolute atomic E-state index is 12.7. The minimum atomic E-state index is -0.844. The van der Waals surface area contributed by atoms with Crippen molar-refractivity contribution >= 4 is 11.9 Å². The largest absolute Gasteiger partial charge is 0.481 e. The van der Waals surface area contributed by atoms with E-state index < -0.39 is 17.2 Å². The fourth-order valence-electron chi connectivity index (χ4n) is 3.69. The first kappa shape index (κ1) is 20.6. The first-order valence-electron chi connectivity index (χ1n) is 9.78. The first-order valence-corrected chi connectivity index (χ1v) is 9.78. The molecule has 1 saturated heterocycles. The Morgan fingerprint density at radius 3 is 2.59 bits per heavy atom. The molecule has 0 saturated carbocycles. The van der Waals surface area contributed by atoms with Gasteiger partial charge in [0, 0.05) is 31.8 Å². The van der Waals surface area contributed by atoms with Crippen molar-refractivity contribution in [2.24, 2.45) is 5.92 Å². The van der Waals surface area contributed by atoms with Gasteiger partial charge in [-0.2, -0.15) is 0 Å². The molecule has 2 heterocycles. The number of hydrogen-bond donors (Lipinski definition) is 1. The molecule has 0 bridgehead atoms. The summed E-state index contributed by atoms with van der Waals surface area (Å²) in [7, 11) is 0.